The maximum Gasteiger partial charge on any atom is 0.133 e. The molecular weight excluding hydrogens is 214 g/mol. The van der Waals surface area contributed by atoms with Crippen molar-refractivity contribution in [2.24, 2.45) is 0 Å². The lowest BCUT2D eigenvalue weighted by molar-refractivity contribution is 0.392. The van der Waals surface area contributed by atoms with E-state index in [0.29, 0.717) is 17.2 Å². The Bertz CT molecular complexity index is 486. The van der Waals surface area contributed by atoms with Crippen molar-refractivity contribution in [2.75, 3.05) is 0 Å². The number of hydrogen-bond acceptors (Lipinski definition) is 4. The topological polar surface area (TPSA) is 56.2 Å². The second-order valence-electron chi connectivity index (χ2n) is 3.26. The molecule has 4 nitrogen and oxygen atoms in total. The van der Waals surface area contributed by atoms with Crippen molar-refractivity contribution in [1.82, 2.24) is 5.16 Å². The number of aryl methyl sites for hydroxylation is 2. The quantitative estimate of drug-likeness (QED) is 0.803. The molecule has 2 aromatic rings. The number of aromatic nitrogens is 1. The van der Waals surface area contributed by atoms with E-state index in [1.807, 2.05) is 6.92 Å². The molecule has 0 saturated heterocycles. The predicted molar refractivity (Wildman–Crippen MR) is 54.8 cm³/mol. The Morgan fingerprint density at radius 1 is 1.47 bits per heavy atom. The van der Waals surface area contributed by atoms with Crippen molar-refractivity contribution in [3.8, 4) is 0 Å². The number of furan rings is 1. The molecule has 0 aliphatic carbocycles. The number of nitrogens with zero attached hydrogens (tertiary/aromatic N) is 1. The highest BCUT2D eigenvalue weighted by molar-refractivity contribution is 7.84. The van der Waals surface area contributed by atoms with Crippen LogP contribution in [-0.2, 0) is 16.6 Å². The van der Waals surface area contributed by atoms with Gasteiger partial charge in [0.2, 0.25) is 0 Å². The summed E-state index contributed by atoms with van der Waals surface area (Å²) in [4.78, 5) is 0.718. The minimum absolute atomic E-state index is 0.359. The van der Waals surface area contributed by atoms with Crippen LogP contribution in [0.3, 0.4) is 0 Å². The van der Waals surface area contributed by atoms with Gasteiger partial charge < -0.3 is 8.94 Å². The standard InChI is InChI=1S/C10H11NO3S/c1-7-5-9(11-14-7)6-15(12)10-3-4-13-8(10)2/h3-5H,6H2,1-2H3/t15-/m0/s1. The fraction of sp³-hybridized carbons (Fsp3) is 0.300. The molecule has 0 unspecified atom stereocenters. The molecular formula is C10H11NO3S. The average Bonchev–Trinajstić information content (AvgIpc) is 2.75. The third-order valence-electron chi connectivity index (χ3n) is 2.01. The van der Waals surface area contributed by atoms with E-state index in [1.54, 1.807) is 19.1 Å². The van der Waals surface area contributed by atoms with Gasteiger partial charge >= 0.3 is 0 Å². The molecule has 0 amide bonds. The molecule has 2 heterocycles. The lowest BCUT2D eigenvalue weighted by atomic mass is 10.4. The second kappa shape index (κ2) is 4.02. The molecule has 0 N–H and O–H groups in total. The first-order chi connectivity index (χ1) is 7.16. The normalized spacial score (nSPS) is 12.9. The molecule has 2 aromatic heterocycles. The van der Waals surface area contributed by atoms with Gasteiger partial charge in [-0.1, -0.05) is 5.16 Å². The summed E-state index contributed by atoms with van der Waals surface area (Å²) in [5.41, 5.74) is 0.700. The van der Waals surface area contributed by atoms with Gasteiger partial charge in [-0.3, -0.25) is 4.21 Å². The van der Waals surface area contributed by atoms with Crippen LogP contribution in [0, 0.1) is 13.8 Å². The van der Waals surface area contributed by atoms with E-state index in [-0.39, 0.29) is 0 Å². The number of rotatable bonds is 3. The number of hydrogen-bond donors (Lipinski definition) is 0. The van der Waals surface area contributed by atoms with Gasteiger partial charge in [0.25, 0.3) is 0 Å². The molecule has 0 spiro atoms. The van der Waals surface area contributed by atoms with Gasteiger partial charge in [-0.25, -0.2) is 0 Å². The first-order valence-corrected chi connectivity index (χ1v) is 5.83. The fourth-order valence-corrected chi connectivity index (χ4v) is 2.44. The van der Waals surface area contributed by atoms with Crippen LogP contribution in [0.5, 0.6) is 0 Å². The van der Waals surface area contributed by atoms with E-state index < -0.39 is 10.8 Å². The summed E-state index contributed by atoms with van der Waals surface area (Å²) in [7, 11) is -1.12. The maximum atomic E-state index is 11.9. The predicted octanol–water partition coefficient (Wildman–Crippen LogP) is 2.19. The first-order valence-electron chi connectivity index (χ1n) is 4.51. The summed E-state index contributed by atoms with van der Waals surface area (Å²) in [5, 5.41) is 3.80. The van der Waals surface area contributed by atoms with Crippen LogP contribution in [0.15, 0.2) is 32.2 Å². The lowest BCUT2D eigenvalue weighted by Gasteiger charge is -1.96. The summed E-state index contributed by atoms with van der Waals surface area (Å²) in [6, 6.07) is 3.51. The molecule has 15 heavy (non-hydrogen) atoms. The highest BCUT2D eigenvalue weighted by Gasteiger charge is 2.12. The Hall–Kier alpha value is -1.36. The maximum absolute atomic E-state index is 11.9. The Labute approximate surface area is 89.7 Å². The second-order valence-corrected chi connectivity index (χ2v) is 4.68. The molecule has 1 atom stereocenters. The molecule has 0 aromatic carbocycles. The van der Waals surface area contributed by atoms with Crippen LogP contribution in [0.1, 0.15) is 17.2 Å². The van der Waals surface area contributed by atoms with Crippen molar-refractivity contribution in [3.63, 3.8) is 0 Å². The Balaban J connectivity index is 2.14. The van der Waals surface area contributed by atoms with E-state index in [9.17, 15) is 4.21 Å². The van der Waals surface area contributed by atoms with Gasteiger partial charge in [-0.2, -0.15) is 0 Å². The van der Waals surface area contributed by atoms with Gasteiger partial charge in [-0.05, 0) is 19.9 Å². The monoisotopic (exact) mass is 225 g/mol. The van der Waals surface area contributed by atoms with Crippen molar-refractivity contribution < 1.29 is 13.1 Å². The summed E-state index contributed by atoms with van der Waals surface area (Å²) in [6.07, 6.45) is 1.54. The van der Waals surface area contributed by atoms with E-state index in [4.69, 9.17) is 8.94 Å². The minimum Gasteiger partial charge on any atom is -0.468 e. The Kier molecular flexibility index (Phi) is 2.73. The average molecular weight is 225 g/mol. The molecule has 2 rings (SSSR count). The zero-order valence-electron chi connectivity index (χ0n) is 8.52. The van der Waals surface area contributed by atoms with Crippen LogP contribution in [0.4, 0.5) is 0 Å². The molecule has 80 valence electrons. The van der Waals surface area contributed by atoms with Crippen LogP contribution in [0.2, 0.25) is 0 Å². The third-order valence-corrected chi connectivity index (χ3v) is 3.48. The summed E-state index contributed by atoms with van der Waals surface area (Å²) < 4.78 is 21.9. The van der Waals surface area contributed by atoms with Crippen LogP contribution in [0.25, 0.3) is 0 Å². The largest absolute Gasteiger partial charge is 0.468 e. The van der Waals surface area contributed by atoms with Crippen molar-refractivity contribution >= 4 is 10.8 Å². The van der Waals surface area contributed by atoms with E-state index in [0.717, 1.165) is 10.7 Å². The van der Waals surface area contributed by atoms with Crippen molar-refractivity contribution in [1.29, 1.82) is 0 Å². The van der Waals surface area contributed by atoms with Crippen LogP contribution >= 0.6 is 0 Å². The Morgan fingerprint density at radius 3 is 2.80 bits per heavy atom. The molecule has 0 radical (unpaired) electrons. The van der Waals surface area contributed by atoms with Gasteiger partial charge in [0, 0.05) is 6.07 Å². The SMILES string of the molecule is Cc1cc(C[S@](=O)c2ccoc2C)no1. The summed E-state index contributed by atoms with van der Waals surface area (Å²) >= 11 is 0. The molecule has 0 fully saturated rings. The van der Waals surface area contributed by atoms with Gasteiger partial charge in [0.05, 0.1) is 33.4 Å². The fourth-order valence-electron chi connectivity index (χ4n) is 1.31. The van der Waals surface area contributed by atoms with Crippen molar-refractivity contribution in [3.05, 3.63) is 35.6 Å². The molecule has 0 saturated carbocycles. The highest BCUT2D eigenvalue weighted by Crippen LogP contribution is 2.17. The lowest BCUT2D eigenvalue weighted by Crippen LogP contribution is -1.96. The van der Waals surface area contributed by atoms with E-state index >= 15 is 0 Å². The summed E-state index contributed by atoms with van der Waals surface area (Å²) in [5.74, 6) is 1.78. The van der Waals surface area contributed by atoms with Crippen LogP contribution in [-0.4, -0.2) is 9.37 Å². The van der Waals surface area contributed by atoms with Gasteiger partial charge in [-0.15, -0.1) is 0 Å². The smallest absolute Gasteiger partial charge is 0.133 e. The van der Waals surface area contributed by atoms with Crippen molar-refractivity contribution in [2.45, 2.75) is 24.5 Å². The minimum atomic E-state index is -1.12. The molecule has 5 heteroatoms. The van der Waals surface area contributed by atoms with Gasteiger partial charge in [0.15, 0.2) is 0 Å². The first kappa shape index (κ1) is 10.2. The molecule has 0 bridgehead atoms. The summed E-state index contributed by atoms with van der Waals surface area (Å²) in [6.45, 7) is 3.60. The van der Waals surface area contributed by atoms with Crippen LogP contribution < -0.4 is 0 Å². The zero-order chi connectivity index (χ0) is 10.8. The van der Waals surface area contributed by atoms with E-state index in [1.165, 1.54) is 6.26 Å². The van der Waals surface area contributed by atoms with Gasteiger partial charge in [0.1, 0.15) is 11.5 Å². The zero-order valence-corrected chi connectivity index (χ0v) is 9.34. The third kappa shape index (κ3) is 2.18. The Morgan fingerprint density at radius 2 is 2.27 bits per heavy atom. The highest BCUT2D eigenvalue weighted by atomic mass is 32.2. The van der Waals surface area contributed by atoms with E-state index in [2.05, 4.69) is 5.16 Å². The molecule has 0 aliphatic rings. The molecule has 0 aliphatic heterocycles.